The van der Waals surface area contributed by atoms with Crippen molar-refractivity contribution in [2.45, 2.75) is 120 Å². The highest BCUT2D eigenvalue weighted by Gasteiger charge is 2.62. The Hall–Kier alpha value is -4.99. The van der Waals surface area contributed by atoms with E-state index in [-0.39, 0.29) is 43.9 Å². The second-order valence-corrected chi connectivity index (χ2v) is 18.4. The first-order valence-electron chi connectivity index (χ1n) is 19.6. The molecule has 57 heavy (non-hydrogen) atoms. The Morgan fingerprint density at radius 3 is 2.47 bits per heavy atom. The van der Waals surface area contributed by atoms with Crippen LogP contribution in [-0.2, 0) is 33.9 Å². The fourth-order valence-electron chi connectivity index (χ4n) is 7.57. The molecule has 0 radical (unpaired) electrons. The summed E-state index contributed by atoms with van der Waals surface area (Å²) in [4.78, 5) is 74.3. The average Bonchev–Trinajstić information content (AvgIpc) is 4.04. The third kappa shape index (κ3) is 10.1. The van der Waals surface area contributed by atoms with Crippen molar-refractivity contribution in [3.63, 3.8) is 0 Å². The normalized spacial score (nSPS) is 24.1. The van der Waals surface area contributed by atoms with Crippen molar-refractivity contribution in [3.05, 3.63) is 55.3 Å². The number of aromatic nitrogens is 1. The van der Waals surface area contributed by atoms with E-state index in [1.807, 2.05) is 12.1 Å². The number of alkyl carbamates (subject to hydrolysis) is 1. The van der Waals surface area contributed by atoms with Crippen molar-refractivity contribution >= 4 is 50.4 Å². The molecule has 0 bridgehead atoms. The van der Waals surface area contributed by atoms with E-state index in [4.69, 9.17) is 14.2 Å². The van der Waals surface area contributed by atoms with E-state index in [0.717, 1.165) is 31.1 Å². The van der Waals surface area contributed by atoms with Crippen molar-refractivity contribution in [1.82, 2.24) is 25.2 Å². The Morgan fingerprint density at radius 1 is 1.09 bits per heavy atom. The molecule has 3 N–H and O–H groups in total. The number of ketones is 1. The number of amides is 4. The zero-order valence-corrected chi connectivity index (χ0v) is 33.8. The summed E-state index contributed by atoms with van der Waals surface area (Å²) in [6.07, 6.45) is 9.88. The van der Waals surface area contributed by atoms with E-state index < -0.39 is 74.3 Å². The summed E-state index contributed by atoms with van der Waals surface area (Å²) in [5.74, 6) is -1.81. The third-order valence-corrected chi connectivity index (χ3v) is 12.8. The lowest BCUT2D eigenvalue weighted by Crippen LogP contribution is -2.58. The molecule has 0 unspecified atom stereocenters. The highest BCUT2D eigenvalue weighted by Crippen LogP contribution is 2.45. The lowest BCUT2D eigenvalue weighted by molar-refractivity contribution is -0.141. The van der Waals surface area contributed by atoms with Gasteiger partial charge in [0.1, 0.15) is 35.1 Å². The second-order valence-electron chi connectivity index (χ2n) is 16.5. The molecule has 16 heteroatoms. The van der Waals surface area contributed by atoms with Crippen molar-refractivity contribution in [1.29, 1.82) is 0 Å². The van der Waals surface area contributed by atoms with Crippen LogP contribution in [0.2, 0.25) is 0 Å². The summed E-state index contributed by atoms with van der Waals surface area (Å²) in [7, 11) is -2.38. The number of methoxy groups -OCH3 is 1. The lowest BCUT2D eigenvalue weighted by Gasteiger charge is -2.30. The van der Waals surface area contributed by atoms with Gasteiger partial charge in [0.15, 0.2) is 5.78 Å². The molecule has 2 heterocycles. The first kappa shape index (κ1) is 41.6. The zero-order chi connectivity index (χ0) is 41.1. The minimum Gasteiger partial charge on any atom is -0.497 e. The summed E-state index contributed by atoms with van der Waals surface area (Å²) in [5.41, 5.74) is -2.49. The number of carbonyl (C=O) groups excluding carboxylic acids is 5. The van der Waals surface area contributed by atoms with Crippen LogP contribution in [0.4, 0.5) is 4.79 Å². The predicted octanol–water partition coefficient (Wildman–Crippen LogP) is 4.25. The number of pyridine rings is 1. The zero-order valence-electron chi connectivity index (χ0n) is 33.0. The minimum absolute atomic E-state index is 0.0369. The number of ether oxygens (including phenoxy) is 3. The highest BCUT2D eigenvalue weighted by molar-refractivity contribution is 7.91. The Kier molecular flexibility index (Phi) is 12.3. The number of rotatable bonds is 16. The number of fused-ring (bicyclic) bond motifs is 1. The molecule has 1 aliphatic heterocycles. The van der Waals surface area contributed by atoms with Crippen LogP contribution in [-0.4, -0.2) is 96.1 Å². The number of nitrogens with one attached hydrogen (secondary N) is 3. The topological polar surface area (TPSA) is 199 Å². The molecule has 1 aromatic heterocycles. The first-order valence-corrected chi connectivity index (χ1v) is 21.2. The monoisotopic (exact) mass is 807 g/mol. The number of allylic oxidation sites excluding steroid dienone is 2. The molecular formula is C41H53N5O10S. The van der Waals surface area contributed by atoms with Gasteiger partial charge in [-0.05, 0) is 101 Å². The number of benzene rings is 1. The van der Waals surface area contributed by atoms with Crippen LogP contribution >= 0.6 is 0 Å². The van der Waals surface area contributed by atoms with Crippen LogP contribution in [0.15, 0.2) is 55.3 Å². The molecule has 5 atom stereocenters. The summed E-state index contributed by atoms with van der Waals surface area (Å²) >= 11 is 0. The van der Waals surface area contributed by atoms with Crippen molar-refractivity contribution in [2.24, 2.45) is 11.8 Å². The van der Waals surface area contributed by atoms with Gasteiger partial charge in [-0.1, -0.05) is 25.0 Å². The highest BCUT2D eigenvalue weighted by atomic mass is 32.2. The number of sulfonamides is 1. The summed E-state index contributed by atoms with van der Waals surface area (Å²) in [6.45, 7) is 8.68. The van der Waals surface area contributed by atoms with Gasteiger partial charge in [0.2, 0.25) is 27.7 Å². The quantitative estimate of drug-likeness (QED) is 0.162. The minimum atomic E-state index is -3.93. The molecule has 4 amide bonds. The van der Waals surface area contributed by atoms with Crippen LogP contribution in [0.5, 0.6) is 11.6 Å². The van der Waals surface area contributed by atoms with Gasteiger partial charge in [-0.3, -0.25) is 23.9 Å². The SMILES string of the molecule is C=C[C@@H]1C[C@]1(NC(=O)[C@@H]1C[C@@H](Oc2nccc3cc(OC)ccc23)CN1C(=O)[C@H](CCC(=O)/C=C/C1CCCC1)NC(=O)OC(C)(C)C)C(=O)NS(=O)(=O)C1CC1. The van der Waals surface area contributed by atoms with Crippen LogP contribution in [0.3, 0.4) is 0 Å². The maximum atomic E-state index is 14.6. The average molecular weight is 808 g/mol. The molecule has 2 aromatic rings. The molecule has 1 aromatic carbocycles. The molecule has 6 rings (SSSR count). The van der Waals surface area contributed by atoms with E-state index in [1.54, 1.807) is 52.3 Å². The van der Waals surface area contributed by atoms with Gasteiger partial charge in [0.05, 0.1) is 18.9 Å². The van der Waals surface area contributed by atoms with Gasteiger partial charge in [-0.2, -0.15) is 0 Å². The van der Waals surface area contributed by atoms with Crippen LogP contribution in [0.25, 0.3) is 10.8 Å². The Morgan fingerprint density at radius 2 is 1.82 bits per heavy atom. The Bertz CT molecular complexity index is 2040. The Balaban J connectivity index is 1.27. The van der Waals surface area contributed by atoms with Gasteiger partial charge in [-0.25, -0.2) is 18.2 Å². The van der Waals surface area contributed by atoms with Gasteiger partial charge in [-0.15, -0.1) is 6.58 Å². The predicted molar refractivity (Wildman–Crippen MR) is 211 cm³/mol. The molecule has 308 valence electrons. The van der Waals surface area contributed by atoms with E-state index in [9.17, 15) is 32.4 Å². The van der Waals surface area contributed by atoms with Crippen molar-refractivity contribution < 1.29 is 46.6 Å². The van der Waals surface area contributed by atoms with Gasteiger partial charge < -0.3 is 29.7 Å². The molecule has 3 saturated carbocycles. The van der Waals surface area contributed by atoms with Crippen LogP contribution in [0, 0.1) is 11.8 Å². The number of hydrogen-bond donors (Lipinski definition) is 3. The molecule has 15 nitrogen and oxygen atoms in total. The van der Waals surface area contributed by atoms with E-state index in [2.05, 4.69) is 26.9 Å². The molecule has 3 aliphatic carbocycles. The van der Waals surface area contributed by atoms with Crippen LogP contribution in [0.1, 0.15) is 85.0 Å². The molecule has 1 saturated heterocycles. The number of nitrogens with zero attached hydrogens (tertiary/aromatic N) is 2. The first-order chi connectivity index (χ1) is 27.0. The molecule has 0 spiro atoms. The number of likely N-dealkylation sites (tertiary alicyclic amines) is 1. The van der Waals surface area contributed by atoms with E-state index >= 15 is 0 Å². The molecule has 4 aliphatic rings. The number of carbonyl (C=O) groups is 5. The fraction of sp³-hybridized carbons (Fsp3) is 0.561. The number of hydrogen-bond acceptors (Lipinski definition) is 11. The Labute approximate surface area is 333 Å². The van der Waals surface area contributed by atoms with E-state index in [0.29, 0.717) is 29.9 Å². The lowest BCUT2D eigenvalue weighted by atomic mass is 10.0. The second kappa shape index (κ2) is 16.9. The van der Waals surface area contributed by atoms with Gasteiger partial charge in [0.25, 0.3) is 5.91 Å². The summed E-state index contributed by atoms with van der Waals surface area (Å²) in [5, 5.41) is 6.18. The van der Waals surface area contributed by atoms with Gasteiger partial charge >= 0.3 is 6.09 Å². The summed E-state index contributed by atoms with van der Waals surface area (Å²) in [6, 6.07) is 4.66. The standard InChI is InChI=1S/C41H53N5O10S/c1-6-27-23-41(27,38(50)45-57(52,53)31-15-16-31)44-35(48)34-22-30(55-36-32-17-14-29(54-5)21-26(32)19-20-42-36)24-46(34)37(49)33(43-39(51)56-40(2,3)4)18-13-28(47)12-11-25-9-7-8-10-25/h6,11-12,14,17,19-21,25,27,30-31,33-34H,1,7-10,13,15-16,18,22-24H2,2-5H3,(H,43,51)(H,44,48)(H,45,50)/b12-11+/t27-,30-,33+,34+,41-/m1/s1. The maximum Gasteiger partial charge on any atom is 0.408 e. The maximum absolute atomic E-state index is 14.6. The molecule has 4 fully saturated rings. The third-order valence-electron chi connectivity index (χ3n) is 10.9. The fourth-order valence-corrected chi connectivity index (χ4v) is 8.94. The molecular weight excluding hydrogens is 755 g/mol. The van der Waals surface area contributed by atoms with Crippen molar-refractivity contribution in [3.8, 4) is 11.6 Å². The van der Waals surface area contributed by atoms with Gasteiger partial charge in [0, 0.05) is 30.3 Å². The van der Waals surface area contributed by atoms with Crippen LogP contribution < -0.4 is 24.8 Å². The largest absolute Gasteiger partial charge is 0.497 e. The van der Waals surface area contributed by atoms with E-state index in [1.165, 1.54) is 17.1 Å². The summed E-state index contributed by atoms with van der Waals surface area (Å²) < 4.78 is 44.9. The smallest absolute Gasteiger partial charge is 0.408 e. The van der Waals surface area contributed by atoms with Crippen molar-refractivity contribution in [2.75, 3.05) is 13.7 Å².